The molecule has 1 fully saturated rings. The van der Waals surface area contributed by atoms with Crippen LogP contribution in [0.25, 0.3) is 22.1 Å². The van der Waals surface area contributed by atoms with Crippen molar-refractivity contribution in [2.75, 3.05) is 27.3 Å². The number of carbonyl (C=O) groups excluding carboxylic acids is 2. The minimum atomic E-state index is -0.158. The standard InChI is InChI=1S/C29H27NO5/c1-33-22-10-8-20(9-11-22)27(31)21-14-16-30(17-15-21)29(32)28-26(19-6-4-3-5-7-19)24-13-12-23(34-2)18-25(24)35-28/h3-13,18,21H,14-17H2,1-2H3. The molecule has 0 saturated carbocycles. The van der Waals surface area contributed by atoms with E-state index in [1.165, 1.54) is 0 Å². The van der Waals surface area contributed by atoms with Gasteiger partial charge in [0.2, 0.25) is 5.76 Å². The monoisotopic (exact) mass is 469 g/mol. The summed E-state index contributed by atoms with van der Waals surface area (Å²) in [6.45, 7) is 1.000. The zero-order valence-electron chi connectivity index (χ0n) is 19.8. The molecular weight excluding hydrogens is 442 g/mol. The average molecular weight is 470 g/mol. The Kier molecular flexibility index (Phi) is 6.27. The molecule has 1 aromatic heterocycles. The van der Waals surface area contributed by atoms with Crippen LogP contribution in [0.2, 0.25) is 0 Å². The van der Waals surface area contributed by atoms with Gasteiger partial charge in [-0.2, -0.15) is 0 Å². The zero-order chi connectivity index (χ0) is 24.4. The van der Waals surface area contributed by atoms with E-state index in [0.717, 1.165) is 22.3 Å². The Labute approximate surface area is 204 Å². The molecule has 0 unspecified atom stereocenters. The van der Waals surface area contributed by atoms with E-state index >= 15 is 0 Å². The summed E-state index contributed by atoms with van der Waals surface area (Å²) >= 11 is 0. The predicted molar refractivity (Wildman–Crippen MR) is 134 cm³/mol. The third-order valence-electron chi connectivity index (χ3n) is 6.68. The molecule has 35 heavy (non-hydrogen) atoms. The number of benzene rings is 3. The normalized spacial score (nSPS) is 14.2. The van der Waals surface area contributed by atoms with Crippen molar-refractivity contribution >= 4 is 22.7 Å². The van der Waals surface area contributed by atoms with Gasteiger partial charge >= 0.3 is 0 Å². The van der Waals surface area contributed by atoms with Gasteiger partial charge in [0.15, 0.2) is 5.78 Å². The Balaban J connectivity index is 1.38. The summed E-state index contributed by atoms with van der Waals surface area (Å²) in [6, 6.07) is 22.6. The highest BCUT2D eigenvalue weighted by atomic mass is 16.5. The van der Waals surface area contributed by atoms with Gasteiger partial charge in [-0.3, -0.25) is 9.59 Å². The third kappa shape index (κ3) is 4.39. The third-order valence-corrected chi connectivity index (χ3v) is 6.68. The molecule has 0 radical (unpaired) electrons. The second kappa shape index (κ2) is 9.66. The first kappa shape index (κ1) is 22.7. The summed E-state index contributed by atoms with van der Waals surface area (Å²) in [5, 5.41) is 0.866. The summed E-state index contributed by atoms with van der Waals surface area (Å²) in [7, 11) is 3.21. The fourth-order valence-corrected chi connectivity index (χ4v) is 4.73. The number of furan rings is 1. The Hall–Kier alpha value is -4.06. The Morgan fingerprint density at radius 3 is 2.17 bits per heavy atom. The molecule has 5 rings (SSSR count). The predicted octanol–water partition coefficient (Wildman–Crippen LogP) is 5.85. The van der Waals surface area contributed by atoms with Gasteiger partial charge in [-0.1, -0.05) is 30.3 Å². The van der Waals surface area contributed by atoms with E-state index in [4.69, 9.17) is 13.9 Å². The van der Waals surface area contributed by atoms with Gasteiger partial charge in [-0.15, -0.1) is 0 Å². The van der Waals surface area contributed by atoms with E-state index in [2.05, 4.69) is 0 Å². The molecule has 3 aromatic carbocycles. The van der Waals surface area contributed by atoms with Gasteiger partial charge in [0, 0.05) is 41.6 Å². The topological polar surface area (TPSA) is 69.0 Å². The van der Waals surface area contributed by atoms with E-state index < -0.39 is 0 Å². The van der Waals surface area contributed by atoms with Crippen molar-refractivity contribution in [2.45, 2.75) is 12.8 Å². The molecule has 1 saturated heterocycles. The number of likely N-dealkylation sites (tertiary alicyclic amines) is 1. The molecule has 1 aliphatic heterocycles. The van der Waals surface area contributed by atoms with Gasteiger partial charge in [-0.25, -0.2) is 0 Å². The minimum Gasteiger partial charge on any atom is -0.497 e. The molecule has 0 spiro atoms. The van der Waals surface area contributed by atoms with Gasteiger partial charge in [0.25, 0.3) is 5.91 Å². The highest BCUT2D eigenvalue weighted by Gasteiger charge is 2.32. The van der Waals surface area contributed by atoms with Crippen molar-refractivity contribution in [3.63, 3.8) is 0 Å². The number of carbonyl (C=O) groups is 2. The molecule has 0 bridgehead atoms. The number of methoxy groups -OCH3 is 2. The highest BCUT2D eigenvalue weighted by molar-refractivity contribution is 6.08. The first-order valence-electron chi connectivity index (χ1n) is 11.7. The number of Topliss-reactive ketones (excluding diaryl/α,β-unsaturated/α-hetero) is 1. The molecule has 4 aromatic rings. The van der Waals surface area contributed by atoms with Crippen LogP contribution in [-0.2, 0) is 0 Å². The fourth-order valence-electron chi connectivity index (χ4n) is 4.73. The smallest absolute Gasteiger partial charge is 0.290 e. The number of hydrogen-bond acceptors (Lipinski definition) is 5. The molecule has 6 nitrogen and oxygen atoms in total. The lowest BCUT2D eigenvalue weighted by molar-refractivity contribution is 0.0627. The summed E-state index contributed by atoms with van der Waals surface area (Å²) in [5.41, 5.74) is 2.98. The Bertz CT molecular complexity index is 1350. The van der Waals surface area contributed by atoms with Crippen molar-refractivity contribution in [1.82, 2.24) is 4.90 Å². The number of ketones is 1. The first-order valence-corrected chi connectivity index (χ1v) is 11.7. The molecule has 0 atom stereocenters. The van der Waals surface area contributed by atoms with Crippen LogP contribution in [0.3, 0.4) is 0 Å². The lowest BCUT2D eigenvalue weighted by Gasteiger charge is -2.31. The summed E-state index contributed by atoms with van der Waals surface area (Å²) in [4.78, 5) is 28.4. The van der Waals surface area contributed by atoms with Crippen molar-refractivity contribution in [3.8, 4) is 22.6 Å². The lowest BCUT2D eigenvalue weighted by atomic mass is 9.88. The van der Waals surface area contributed by atoms with Gasteiger partial charge in [0.1, 0.15) is 17.1 Å². The maximum Gasteiger partial charge on any atom is 0.290 e. The van der Waals surface area contributed by atoms with E-state index in [-0.39, 0.29) is 17.6 Å². The maximum atomic E-state index is 13.6. The van der Waals surface area contributed by atoms with Gasteiger partial charge in [-0.05, 0) is 54.8 Å². The van der Waals surface area contributed by atoms with Gasteiger partial charge < -0.3 is 18.8 Å². The van der Waals surface area contributed by atoms with Crippen molar-refractivity contribution in [1.29, 1.82) is 0 Å². The van der Waals surface area contributed by atoms with Crippen LogP contribution in [0.1, 0.15) is 33.8 Å². The SMILES string of the molecule is COc1ccc(C(=O)C2CCN(C(=O)c3oc4cc(OC)ccc4c3-c3ccccc3)CC2)cc1. The van der Waals surface area contributed by atoms with Gasteiger partial charge in [0.05, 0.1) is 14.2 Å². The van der Waals surface area contributed by atoms with Crippen LogP contribution >= 0.6 is 0 Å². The number of nitrogens with zero attached hydrogens (tertiary/aromatic N) is 1. The quantitative estimate of drug-likeness (QED) is 0.331. The van der Waals surface area contributed by atoms with Crippen LogP contribution in [0.15, 0.2) is 77.2 Å². The van der Waals surface area contributed by atoms with Crippen LogP contribution in [0, 0.1) is 5.92 Å². The molecule has 2 heterocycles. The number of ether oxygens (including phenoxy) is 2. The molecule has 1 aliphatic rings. The van der Waals surface area contributed by atoms with E-state index in [1.54, 1.807) is 49.5 Å². The largest absolute Gasteiger partial charge is 0.497 e. The minimum absolute atomic E-state index is 0.110. The highest BCUT2D eigenvalue weighted by Crippen LogP contribution is 2.37. The molecule has 6 heteroatoms. The number of rotatable bonds is 6. The first-order chi connectivity index (χ1) is 17.1. The maximum absolute atomic E-state index is 13.6. The lowest BCUT2D eigenvalue weighted by Crippen LogP contribution is -2.40. The van der Waals surface area contributed by atoms with Crippen LogP contribution in [0.5, 0.6) is 11.5 Å². The van der Waals surface area contributed by atoms with E-state index in [0.29, 0.717) is 48.6 Å². The fraction of sp³-hybridized carbons (Fsp3) is 0.241. The van der Waals surface area contributed by atoms with Crippen LogP contribution < -0.4 is 9.47 Å². The van der Waals surface area contributed by atoms with Crippen molar-refractivity contribution in [2.24, 2.45) is 5.92 Å². The molecule has 178 valence electrons. The molecule has 1 amide bonds. The second-order valence-corrected chi connectivity index (χ2v) is 8.69. The summed E-state index contributed by atoms with van der Waals surface area (Å²) < 4.78 is 16.7. The molecule has 0 N–H and O–H groups in total. The second-order valence-electron chi connectivity index (χ2n) is 8.69. The number of piperidine rings is 1. The van der Waals surface area contributed by atoms with Crippen molar-refractivity contribution < 1.29 is 23.5 Å². The molecule has 0 aliphatic carbocycles. The number of amides is 1. The summed E-state index contributed by atoms with van der Waals surface area (Å²) in [6.07, 6.45) is 1.23. The summed E-state index contributed by atoms with van der Waals surface area (Å²) in [5.74, 6) is 1.55. The Morgan fingerprint density at radius 1 is 0.857 bits per heavy atom. The van der Waals surface area contributed by atoms with Crippen molar-refractivity contribution in [3.05, 3.63) is 84.1 Å². The number of hydrogen-bond donors (Lipinski definition) is 0. The van der Waals surface area contributed by atoms with Crippen LogP contribution in [0.4, 0.5) is 0 Å². The zero-order valence-corrected chi connectivity index (χ0v) is 19.8. The van der Waals surface area contributed by atoms with Crippen LogP contribution in [-0.4, -0.2) is 43.9 Å². The molecular formula is C29H27NO5. The Morgan fingerprint density at radius 2 is 1.51 bits per heavy atom. The van der Waals surface area contributed by atoms with E-state index in [1.807, 2.05) is 42.5 Å². The average Bonchev–Trinajstić information content (AvgIpc) is 3.31. The van der Waals surface area contributed by atoms with E-state index in [9.17, 15) is 9.59 Å². The number of fused-ring (bicyclic) bond motifs is 1.